The zero-order valence-corrected chi connectivity index (χ0v) is 19.4. The molecule has 1 atom stereocenters. The van der Waals surface area contributed by atoms with Gasteiger partial charge in [-0.05, 0) is 18.1 Å². The van der Waals surface area contributed by atoms with Gasteiger partial charge in [0.05, 0.1) is 6.61 Å². The van der Waals surface area contributed by atoms with E-state index in [1.165, 1.54) is 11.9 Å². The first-order valence-electron chi connectivity index (χ1n) is 11.0. The molecule has 0 aliphatic rings. The van der Waals surface area contributed by atoms with E-state index >= 15 is 0 Å². The summed E-state index contributed by atoms with van der Waals surface area (Å²) in [7, 11) is 1.45. The van der Waals surface area contributed by atoms with Crippen molar-refractivity contribution in [2.24, 2.45) is 0 Å². The molecule has 0 heterocycles. The number of esters is 2. The summed E-state index contributed by atoms with van der Waals surface area (Å²) in [6.45, 7) is 1.74. The first-order chi connectivity index (χ1) is 16.4. The summed E-state index contributed by atoms with van der Waals surface area (Å²) in [5.41, 5.74) is 1.62. The van der Waals surface area contributed by atoms with Crippen LogP contribution in [0.3, 0.4) is 0 Å². The first-order valence-corrected chi connectivity index (χ1v) is 11.0. The van der Waals surface area contributed by atoms with Crippen molar-refractivity contribution in [3.8, 4) is 0 Å². The molecule has 2 rings (SSSR count). The van der Waals surface area contributed by atoms with Crippen LogP contribution in [0.5, 0.6) is 0 Å². The van der Waals surface area contributed by atoms with Crippen molar-refractivity contribution in [3.63, 3.8) is 0 Å². The largest absolute Gasteiger partial charge is 0.465 e. The summed E-state index contributed by atoms with van der Waals surface area (Å²) in [5, 5.41) is 2.42. The molecule has 2 amide bonds. The molecule has 0 aliphatic heterocycles. The summed E-state index contributed by atoms with van der Waals surface area (Å²) >= 11 is 0. The average molecular weight is 471 g/mol. The number of nitrogens with zero attached hydrogens (tertiary/aromatic N) is 1. The van der Waals surface area contributed by atoms with Crippen molar-refractivity contribution in [1.82, 2.24) is 10.2 Å². The lowest BCUT2D eigenvalue weighted by Crippen LogP contribution is -2.39. The highest BCUT2D eigenvalue weighted by Gasteiger charge is 2.27. The van der Waals surface area contributed by atoms with E-state index in [1.807, 2.05) is 60.7 Å². The van der Waals surface area contributed by atoms with Gasteiger partial charge < -0.3 is 24.4 Å². The molecule has 9 heteroatoms. The predicted octanol–water partition coefficient (Wildman–Crippen LogP) is 2.48. The average Bonchev–Trinajstić information content (AvgIpc) is 2.85. The first kappa shape index (κ1) is 26.4. The van der Waals surface area contributed by atoms with Crippen molar-refractivity contribution in [3.05, 3.63) is 71.8 Å². The SMILES string of the molecule is CCOC(=O)CNC(=O)CCN(C)C(=O)O[C@@H](Cc1ccccc1)C(=O)OCc1ccccc1. The molecular weight excluding hydrogens is 440 g/mol. The molecule has 2 aromatic rings. The molecule has 0 radical (unpaired) electrons. The zero-order chi connectivity index (χ0) is 24.8. The van der Waals surface area contributed by atoms with E-state index in [0.717, 1.165) is 11.1 Å². The Labute approximate surface area is 199 Å². The normalized spacial score (nSPS) is 11.1. The molecule has 0 saturated carbocycles. The molecule has 0 aromatic heterocycles. The maximum atomic E-state index is 12.7. The van der Waals surface area contributed by atoms with Gasteiger partial charge in [0.25, 0.3) is 0 Å². The Morgan fingerprint density at radius 1 is 0.912 bits per heavy atom. The number of carbonyl (C=O) groups is 4. The summed E-state index contributed by atoms with van der Waals surface area (Å²) in [6, 6.07) is 18.3. The van der Waals surface area contributed by atoms with Crippen LogP contribution in [0.4, 0.5) is 4.79 Å². The second kappa shape index (κ2) is 14.3. The number of nitrogens with one attached hydrogen (secondary N) is 1. The minimum atomic E-state index is -1.15. The topological polar surface area (TPSA) is 111 Å². The van der Waals surface area contributed by atoms with Crippen molar-refractivity contribution in [2.75, 3.05) is 26.7 Å². The maximum absolute atomic E-state index is 12.7. The fourth-order valence-electron chi connectivity index (χ4n) is 2.87. The van der Waals surface area contributed by atoms with Gasteiger partial charge in [-0.3, -0.25) is 9.59 Å². The molecule has 0 saturated heterocycles. The molecule has 182 valence electrons. The lowest BCUT2D eigenvalue weighted by atomic mass is 10.1. The quantitative estimate of drug-likeness (QED) is 0.375. The second-order valence-corrected chi connectivity index (χ2v) is 7.41. The van der Waals surface area contributed by atoms with Crippen LogP contribution in [0.1, 0.15) is 24.5 Å². The van der Waals surface area contributed by atoms with E-state index in [1.54, 1.807) is 6.92 Å². The van der Waals surface area contributed by atoms with E-state index in [0.29, 0.717) is 0 Å². The highest BCUT2D eigenvalue weighted by molar-refractivity contribution is 5.82. The Bertz CT molecular complexity index is 935. The maximum Gasteiger partial charge on any atom is 0.410 e. The van der Waals surface area contributed by atoms with Crippen molar-refractivity contribution in [1.29, 1.82) is 0 Å². The van der Waals surface area contributed by atoms with Gasteiger partial charge in [-0.25, -0.2) is 9.59 Å². The Kier molecular flexibility index (Phi) is 11.1. The number of ether oxygens (including phenoxy) is 3. The van der Waals surface area contributed by atoms with Crippen LogP contribution in [0.25, 0.3) is 0 Å². The zero-order valence-electron chi connectivity index (χ0n) is 19.4. The molecule has 0 aliphatic carbocycles. The molecule has 9 nitrogen and oxygen atoms in total. The van der Waals surface area contributed by atoms with Crippen LogP contribution in [0, 0.1) is 0 Å². The lowest BCUT2D eigenvalue weighted by molar-refractivity contribution is -0.155. The molecule has 0 spiro atoms. The van der Waals surface area contributed by atoms with Crippen LogP contribution in [0.2, 0.25) is 0 Å². The third kappa shape index (κ3) is 9.72. The molecular formula is C25H30N2O7. The van der Waals surface area contributed by atoms with Gasteiger partial charge in [-0.2, -0.15) is 0 Å². The van der Waals surface area contributed by atoms with Crippen molar-refractivity contribution >= 4 is 23.9 Å². The van der Waals surface area contributed by atoms with Gasteiger partial charge in [0, 0.05) is 26.4 Å². The van der Waals surface area contributed by atoms with E-state index < -0.39 is 30.0 Å². The molecule has 0 bridgehead atoms. The number of hydrogen-bond acceptors (Lipinski definition) is 7. The van der Waals surface area contributed by atoms with Crippen LogP contribution in [-0.4, -0.2) is 61.7 Å². The molecule has 0 unspecified atom stereocenters. The Hall–Kier alpha value is -3.88. The van der Waals surface area contributed by atoms with Crippen LogP contribution in [-0.2, 0) is 41.6 Å². The molecule has 1 N–H and O–H groups in total. The van der Waals surface area contributed by atoms with Gasteiger partial charge in [0.15, 0.2) is 0 Å². The van der Waals surface area contributed by atoms with Crippen molar-refractivity contribution < 1.29 is 33.4 Å². The third-order valence-electron chi connectivity index (χ3n) is 4.71. The highest BCUT2D eigenvalue weighted by Crippen LogP contribution is 2.11. The van der Waals surface area contributed by atoms with Gasteiger partial charge in [0.2, 0.25) is 12.0 Å². The number of amides is 2. The number of rotatable bonds is 12. The predicted molar refractivity (Wildman–Crippen MR) is 124 cm³/mol. The van der Waals surface area contributed by atoms with Gasteiger partial charge in [-0.1, -0.05) is 60.7 Å². The summed E-state index contributed by atoms with van der Waals surface area (Å²) in [5.74, 6) is -1.63. The van der Waals surface area contributed by atoms with E-state index in [4.69, 9.17) is 14.2 Å². The van der Waals surface area contributed by atoms with E-state index in [-0.39, 0.29) is 39.1 Å². The van der Waals surface area contributed by atoms with E-state index in [2.05, 4.69) is 5.32 Å². The minimum absolute atomic E-state index is 0.0324. The molecule has 2 aromatic carbocycles. The Morgan fingerprint density at radius 3 is 2.15 bits per heavy atom. The van der Waals surface area contributed by atoms with Crippen LogP contribution < -0.4 is 5.32 Å². The standard InChI is InChI=1S/C25H30N2O7/c1-3-32-23(29)17-26-22(28)14-15-27(2)25(31)34-21(16-19-10-6-4-7-11-19)24(30)33-18-20-12-8-5-9-13-20/h4-13,21H,3,14-18H2,1-2H3,(H,26,28)/t21-/m0/s1. The second-order valence-electron chi connectivity index (χ2n) is 7.41. The molecule has 0 fully saturated rings. The fraction of sp³-hybridized carbons (Fsp3) is 0.360. The highest BCUT2D eigenvalue weighted by atomic mass is 16.6. The Morgan fingerprint density at radius 2 is 1.53 bits per heavy atom. The monoisotopic (exact) mass is 470 g/mol. The lowest BCUT2D eigenvalue weighted by Gasteiger charge is -2.22. The minimum Gasteiger partial charge on any atom is -0.465 e. The number of carbonyl (C=O) groups excluding carboxylic acids is 4. The Balaban J connectivity index is 1.90. The van der Waals surface area contributed by atoms with Gasteiger partial charge in [0.1, 0.15) is 13.2 Å². The summed E-state index contributed by atoms with van der Waals surface area (Å²) < 4.78 is 15.5. The summed E-state index contributed by atoms with van der Waals surface area (Å²) in [6.07, 6.45) is -1.82. The van der Waals surface area contributed by atoms with Crippen molar-refractivity contribution in [2.45, 2.75) is 32.5 Å². The van der Waals surface area contributed by atoms with Gasteiger partial charge in [-0.15, -0.1) is 0 Å². The van der Waals surface area contributed by atoms with Crippen LogP contribution in [0.15, 0.2) is 60.7 Å². The van der Waals surface area contributed by atoms with E-state index in [9.17, 15) is 19.2 Å². The number of benzene rings is 2. The third-order valence-corrected chi connectivity index (χ3v) is 4.71. The fourth-order valence-corrected chi connectivity index (χ4v) is 2.87. The molecule has 34 heavy (non-hydrogen) atoms. The summed E-state index contributed by atoms with van der Waals surface area (Å²) in [4.78, 5) is 49.7. The van der Waals surface area contributed by atoms with Gasteiger partial charge >= 0.3 is 18.0 Å². The smallest absolute Gasteiger partial charge is 0.410 e. The van der Waals surface area contributed by atoms with Crippen LogP contribution >= 0.6 is 0 Å². The number of hydrogen-bond donors (Lipinski definition) is 1.